The third-order valence-electron chi connectivity index (χ3n) is 6.78. The fraction of sp³-hybridized carbons (Fsp3) is 0.727. The Labute approximate surface area is 163 Å². The first-order valence-corrected chi connectivity index (χ1v) is 10.9. The molecule has 1 atom stereocenters. The zero-order valence-corrected chi connectivity index (χ0v) is 16.8. The second-order valence-electron chi connectivity index (χ2n) is 8.64. The standard InChI is InChI=1S/C22H34N4O/c1-18-6-4-10-23-21(18)17-24-14-8-20(9-15-24)26-13-5-7-19(16-26)22(27)25-11-2-3-12-25/h4,6,10,19-20H,2-3,5,7-9,11-17H2,1H3/t19-/m1/s1. The maximum Gasteiger partial charge on any atom is 0.226 e. The fourth-order valence-electron chi connectivity index (χ4n) is 5.07. The molecule has 3 saturated heterocycles. The number of nitrogens with zero attached hydrogens (tertiary/aromatic N) is 4. The Morgan fingerprint density at radius 3 is 2.59 bits per heavy atom. The molecule has 4 heterocycles. The van der Waals surface area contributed by atoms with Crippen molar-refractivity contribution in [3.8, 4) is 0 Å². The SMILES string of the molecule is Cc1cccnc1CN1CCC(N2CCC[C@@H](C(=O)N3CCCC3)C2)CC1. The molecule has 3 aliphatic rings. The predicted octanol–water partition coefficient (Wildman–Crippen LogP) is 2.69. The lowest BCUT2D eigenvalue weighted by molar-refractivity contribution is -0.136. The Kier molecular flexibility index (Phi) is 6.08. The number of piperidine rings is 2. The highest BCUT2D eigenvalue weighted by Crippen LogP contribution is 2.26. The second-order valence-corrected chi connectivity index (χ2v) is 8.64. The van der Waals surface area contributed by atoms with E-state index in [9.17, 15) is 4.79 Å². The molecule has 5 heteroatoms. The molecule has 0 aromatic carbocycles. The average molecular weight is 371 g/mol. The highest BCUT2D eigenvalue weighted by atomic mass is 16.2. The minimum atomic E-state index is 0.242. The van der Waals surface area contributed by atoms with Crippen molar-refractivity contribution in [3.63, 3.8) is 0 Å². The van der Waals surface area contributed by atoms with E-state index in [0.717, 1.165) is 45.7 Å². The number of hydrogen-bond donors (Lipinski definition) is 0. The lowest BCUT2D eigenvalue weighted by Crippen LogP contribution is -2.51. The van der Waals surface area contributed by atoms with Crippen LogP contribution in [0.1, 0.15) is 49.8 Å². The molecule has 3 aliphatic heterocycles. The van der Waals surface area contributed by atoms with Crippen molar-refractivity contribution in [1.29, 1.82) is 0 Å². The molecule has 0 unspecified atom stereocenters. The van der Waals surface area contributed by atoms with E-state index in [0.29, 0.717) is 11.9 Å². The van der Waals surface area contributed by atoms with Gasteiger partial charge in [-0.05, 0) is 63.6 Å². The lowest BCUT2D eigenvalue weighted by atomic mass is 9.93. The van der Waals surface area contributed by atoms with Gasteiger partial charge in [-0.15, -0.1) is 0 Å². The lowest BCUT2D eigenvalue weighted by Gasteiger charge is -2.42. The average Bonchev–Trinajstić information content (AvgIpc) is 3.25. The summed E-state index contributed by atoms with van der Waals surface area (Å²) in [4.78, 5) is 24.6. The van der Waals surface area contributed by atoms with E-state index in [-0.39, 0.29) is 5.92 Å². The summed E-state index contributed by atoms with van der Waals surface area (Å²) in [6, 6.07) is 4.82. The zero-order valence-electron chi connectivity index (χ0n) is 16.8. The predicted molar refractivity (Wildman–Crippen MR) is 107 cm³/mol. The monoisotopic (exact) mass is 370 g/mol. The van der Waals surface area contributed by atoms with Gasteiger partial charge in [0, 0.05) is 51.5 Å². The molecule has 3 fully saturated rings. The number of aryl methyl sites for hydroxylation is 1. The topological polar surface area (TPSA) is 39.7 Å². The first-order valence-electron chi connectivity index (χ1n) is 10.9. The highest BCUT2D eigenvalue weighted by molar-refractivity contribution is 5.79. The summed E-state index contributed by atoms with van der Waals surface area (Å²) < 4.78 is 0. The number of aromatic nitrogens is 1. The van der Waals surface area contributed by atoms with Crippen molar-refractivity contribution >= 4 is 5.91 Å². The quantitative estimate of drug-likeness (QED) is 0.817. The maximum atomic E-state index is 12.8. The Balaban J connectivity index is 1.27. The largest absolute Gasteiger partial charge is 0.342 e. The molecule has 0 radical (unpaired) electrons. The summed E-state index contributed by atoms with van der Waals surface area (Å²) in [5.41, 5.74) is 2.50. The first-order chi connectivity index (χ1) is 13.2. The van der Waals surface area contributed by atoms with Crippen LogP contribution >= 0.6 is 0 Å². The molecular weight excluding hydrogens is 336 g/mol. The number of pyridine rings is 1. The Bertz CT molecular complexity index is 635. The van der Waals surface area contributed by atoms with Crippen molar-refractivity contribution in [2.45, 2.75) is 58.0 Å². The van der Waals surface area contributed by atoms with Gasteiger partial charge in [-0.2, -0.15) is 0 Å². The smallest absolute Gasteiger partial charge is 0.226 e. The molecule has 0 saturated carbocycles. The van der Waals surface area contributed by atoms with Gasteiger partial charge in [0.15, 0.2) is 0 Å². The van der Waals surface area contributed by atoms with Crippen molar-refractivity contribution < 1.29 is 4.79 Å². The van der Waals surface area contributed by atoms with Crippen molar-refractivity contribution in [3.05, 3.63) is 29.6 Å². The number of likely N-dealkylation sites (tertiary alicyclic amines) is 3. The number of carbonyl (C=O) groups is 1. The molecule has 4 rings (SSSR count). The van der Waals surface area contributed by atoms with Crippen LogP contribution in [-0.2, 0) is 11.3 Å². The van der Waals surface area contributed by atoms with Crippen LogP contribution in [0.25, 0.3) is 0 Å². The van der Waals surface area contributed by atoms with Gasteiger partial charge in [-0.1, -0.05) is 6.07 Å². The summed E-state index contributed by atoms with van der Waals surface area (Å²) >= 11 is 0. The molecular formula is C22H34N4O. The zero-order chi connectivity index (χ0) is 18.6. The molecule has 0 N–H and O–H groups in total. The van der Waals surface area contributed by atoms with Crippen LogP contribution in [0.5, 0.6) is 0 Å². The summed E-state index contributed by atoms with van der Waals surface area (Å²) in [6.07, 6.45) is 8.99. The maximum absolute atomic E-state index is 12.8. The molecule has 27 heavy (non-hydrogen) atoms. The minimum Gasteiger partial charge on any atom is -0.342 e. The minimum absolute atomic E-state index is 0.242. The van der Waals surface area contributed by atoms with Gasteiger partial charge in [0.2, 0.25) is 5.91 Å². The van der Waals surface area contributed by atoms with Crippen LogP contribution in [0.3, 0.4) is 0 Å². The normalized spacial score (nSPS) is 25.8. The van der Waals surface area contributed by atoms with Crippen molar-refractivity contribution in [2.24, 2.45) is 5.92 Å². The summed E-state index contributed by atoms with van der Waals surface area (Å²) in [6.45, 7) is 9.54. The van der Waals surface area contributed by atoms with Gasteiger partial charge in [0.05, 0.1) is 11.6 Å². The number of carbonyl (C=O) groups excluding carboxylic acids is 1. The van der Waals surface area contributed by atoms with Crippen LogP contribution in [0.15, 0.2) is 18.3 Å². The van der Waals surface area contributed by atoms with Gasteiger partial charge < -0.3 is 4.90 Å². The van der Waals surface area contributed by atoms with Crippen LogP contribution in [0, 0.1) is 12.8 Å². The summed E-state index contributed by atoms with van der Waals surface area (Å²) in [5, 5.41) is 0. The van der Waals surface area contributed by atoms with Gasteiger partial charge in [-0.3, -0.25) is 19.6 Å². The van der Waals surface area contributed by atoms with Crippen molar-refractivity contribution in [2.75, 3.05) is 39.3 Å². The molecule has 5 nitrogen and oxygen atoms in total. The van der Waals surface area contributed by atoms with E-state index in [1.807, 2.05) is 12.3 Å². The molecule has 0 aliphatic carbocycles. The molecule has 1 aromatic rings. The molecule has 1 aromatic heterocycles. The Hall–Kier alpha value is -1.46. The van der Waals surface area contributed by atoms with Crippen molar-refractivity contribution in [1.82, 2.24) is 19.7 Å². The number of hydrogen-bond acceptors (Lipinski definition) is 4. The number of amides is 1. The molecule has 0 spiro atoms. The van der Waals surface area contributed by atoms with E-state index >= 15 is 0 Å². The third kappa shape index (κ3) is 4.52. The Morgan fingerprint density at radius 1 is 1.07 bits per heavy atom. The third-order valence-corrected chi connectivity index (χ3v) is 6.78. The fourth-order valence-corrected chi connectivity index (χ4v) is 5.07. The summed E-state index contributed by atoms with van der Waals surface area (Å²) in [5.74, 6) is 0.673. The van der Waals surface area contributed by atoms with Gasteiger partial charge in [-0.25, -0.2) is 0 Å². The van der Waals surface area contributed by atoms with E-state index < -0.39 is 0 Å². The van der Waals surface area contributed by atoms with Crippen LogP contribution in [0.2, 0.25) is 0 Å². The van der Waals surface area contributed by atoms with Gasteiger partial charge >= 0.3 is 0 Å². The Morgan fingerprint density at radius 2 is 1.85 bits per heavy atom. The van der Waals surface area contributed by atoms with E-state index in [4.69, 9.17) is 0 Å². The second kappa shape index (κ2) is 8.70. The first kappa shape index (κ1) is 18.9. The highest BCUT2D eigenvalue weighted by Gasteiger charge is 2.34. The van der Waals surface area contributed by atoms with Crippen LogP contribution in [0.4, 0.5) is 0 Å². The van der Waals surface area contributed by atoms with Crippen LogP contribution in [-0.4, -0.2) is 70.9 Å². The van der Waals surface area contributed by atoms with Gasteiger partial charge in [0.25, 0.3) is 0 Å². The van der Waals surface area contributed by atoms with E-state index in [1.54, 1.807) is 0 Å². The molecule has 148 valence electrons. The van der Waals surface area contributed by atoms with E-state index in [2.05, 4.69) is 32.7 Å². The number of rotatable bonds is 4. The van der Waals surface area contributed by atoms with Crippen LogP contribution < -0.4 is 0 Å². The van der Waals surface area contributed by atoms with Gasteiger partial charge in [0.1, 0.15) is 0 Å². The molecule has 0 bridgehead atoms. The van der Waals surface area contributed by atoms with E-state index in [1.165, 1.54) is 49.9 Å². The molecule has 1 amide bonds. The summed E-state index contributed by atoms with van der Waals surface area (Å²) in [7, 11) is 0.